The second-order valence-electron chi connectivity index (χ2n) is 5.50. The van der Waals surface area contributed by atoms with Crippen molar-refractivity contribution in [1.82, 2.24) is 15.1 Å². The lowest BCUT2D eigenvalue weighted by molar-refractivity contribution is -0.159. The lowest BCUT2D eigenvalue weighted by atomic mass is 10.2. The number of halogens is 3. The minimum absolute atomic E-state index is 0.0622. The van der Waals surface area contributed by atoms with Crippen molar-refractivity contribution >= 4 is 11.8 Å². The molecular formula is C17H13F3N4O3. The smallest absolute Gasteiger partial charge is 0.444 e. The molecule has 1 amide bonds. The minimum Gasteiger partial charge on any atom is -0.444 e. The van der Waals surface area contributed by atoms with Crippen molar-refractivity contribution in [1.29, 1.82) is 0 Å². The number of amides is 1. The number of aryl methyl sites for hydroxylation is 1. The molecule has 10 heteroatoms. The van der Waals surface area contributed by atoms with E-state index >= 15 is 0 Å². The zero-order valence-electron chi connectivity index (χ0n) is 13.9. The molecular weight excluding hydrogens is 365 g/mol. The molecule has 2 aromatic heterocycles. The fourth-order valence-electron chi connectivity index (χ4n) is 2.10. The van der Waals surface area contributed by atoms with Crippen LogP contribution in [0.5, 0.6) is 0 Å². The van der Waals surface area contributed by atoms with Gasteiger partial charge in [-0.25, -0.2) is 4.79 Å². The monoisotopic (exact) mass is 378 g/mol. The fourth-order valence-corrected chi connectivity index (χ4v) is 2.10. The molecule has 7 nitrogen and oxygen atoms in total. The third-order valence-electron chi connectivity index (χ3n) is 3.56. The number of carbonyl (C=O) groups excluding carboxylic acids is 1. The summed E-state index contributed by atoms with van der Waals surface area (Å²) in [5, 5.41) is 5.80. The Kier molecular flexibility index (Phi) is 5.06. The van der Waals surface area contributed by atoms with Crippen LogP contribution in [0.3, 0.4) is 0 Å². The molecule has 0 atom stereocenters. The summed E-state index contributed by atoms with van der Waals surface area (Å²) in [6, 6.07) is 7.67. The predicted molar refractivity (Wildman–Crippen MR) is 87.5 cm³/mol. The number of ether oxygens (including phenoxy) is 1. The van der Waals surface area contributed by atoms with Crippen molar-refractivity contribution in [3.63, 3.8) is 0 Å². The van der Waals surface area contributed by atoms with E-state index in [4.69, 9.17) is 4.74 Å². The summed E-state index contributed by atoms with van der Waals surface area (Å²) in [4.78, 5) is 19.1. The number of carbonyl (C=O) groups is 1. The number of anilines is 1. The predicted octanol–water partition coefficient (Wildman–Crippen LogP) is 4.21. The van der Waals surface area contributed by atoms with Crippen LogP contribution in [-0.2, 0) is 17.5 Å². The standard InChI is InChI=1S/C17H13F3N4O3/c1-10-6-7-21-8-12(10)9-26-16(25)22-13-4-2-11(3-5-13)14-23-15(27-24-14)17(18,19)20/h2-8H,9H2,1H3,(H,22,25). The molecule has 0 aliphatic carbocycles. The Labute approximate surface area is 151 Å². The first kappa shape index (κ1) is 18.4. The Balaban J connectivity index is 1.59. The highest BCUT2D eigenvalue weighted by atomic mass is 19.4. The lowest BCUT2D eigenvalue weighted by Gasteiger charge is -2.08. The van der Waals surface area contributed by atoms with Crippen LogP contribution < -0.4 is 5.32 Å². The van der Waals surface area contributed by atoms with Gasteiger partial charge in [-0.1, -0.05) is 5.16 Å². The van der Waals surface area contributed by atoms with E-state index in [1.165, 1.54) is 24.3 Å². The quantitative estimate of drug-likeness (QED) is 0.732. The molecule has 3 rings (SSSR count). The van der Waals surface area contributed by atoms with Gasteiger partial charge in [-0.2, -0.15) is 18.2 Å². The third kappa shape index (κ3) is 4.60. The van der Waals surface area contributed by atoms with E-state index in [0.29, 0.717) is 11.3 Å². The van der Waals surface area contributed by atoms with Crippen molar-refractivity contribution in [3.05, 3.63) is 59.7 Å². The summed E-state index contributed by atoms with van der Waals surface area (Å²) < 4.78 is 46.7. The first-order chi connectivity index (χ1) is 12.8. The van der Waals surface area contributed by atoms with Crippen molar-refractivity contribution in [3.8, 4) is 11.4 Å². The summed E-state index contributed by atoms with van der Waals surface area (Å²) in [6.07, 6.45) is -2.13. The Morgan fingerprint density at radius 1 is 1.22 bits per heavy atom. The highest BCUT2D eigenvalue weighted by Crippen LogP contribution is 2.29. The number of benzene rings is 1. The lowest BCUT2D eigenvalue weighted by Crippen LogP contribution is -2.13. The van der Waals surface area contributed by atoms with Crippen molar-refractivity contribution in [2.75, 3.05) is 5.32 Å². The van der Waals surface area contributed by atoms with Gasteiger partial charge >= 0.3 is 18.2 Å². The molecule has 2 heterocycles. The highest BCUT2D eigenvalue weighted by molar-refractivity contribution is 5.84. The molecule has 0 radical (unpaired) electrons. The largest absolute Gasteiger partial charge is 0.471 e. The van der Waals surface area contributed by atoms with Gasteiger partial charge in [0.05, 0.1) is 0 Å². The zero-order chi connectivity index (χ0) is 19.4. The average molecular weight is 378 g/mol. The summed E-state index contributed by atoms with van der Waals surface area (Å²) in [6.45, 7) is 1.94. The molecule has 0 unspecified atom stereocenters. The van der Waals surface area contributed by atoms with E-state index < -0.39 is 18.2 Å². The highest BCUT2D eigenvalue weighted by Gasteiger charge is 2.38. The number of pyridine rings is 1. The molecule has 140 valence electrons. The van der Waals surface area contributed by atoms with Crippen LogP contribution >= 0.6 is 0 Å². The molecule has 0 saturated heterocycles. The normalized spacial score (nSPS) is 11.3. The number of hydrogen-bond acceptors (Lipinski definition) is 6. The van der Waals surface area contributed by atoms with Crippen LogP contribution in [0.2, 0.25) is 0 Å². The van der Waals surface area contributed by atoms with Gasteiger partial charge in [-0.05, 0) is 42.8 Å². The van der Waals surface area contributed by atoms with E-state index in [1.807, 2.05) is 6.92 Å². The van der Waals surface area contributed by atoms with Crippen LogP contribution in [0.15, 0.2) is 47.2 Å². The van der Waals surface area contributed by atoms with Gasteiger partial charge in [0.1, 0.15) is 6.61 Å². The topological polar surface area (TPSA) is 90.1 Å². The number of rotatable bonds is 4. The summed E-state index contributed by atoms with van der Waals surface area (Å²) in [5.41, 5.74) is 2.42. The van der Waals surface area contributed by atoms with Crippen molar-refractivity contribution < 1.29 is 27.2 Å². The first-order valence-electron chi connectivity index (χ1n) is 7.67. The SMILES string of the molecule is Cc1ccncc1COC(=O)Nc1ccc(-c2noc(C(F)(F)F)n2)cc1. The van der Waals surface area contributed by atoms with Crippen LogP contribution in [0, 0.1) is 6.92 Å². The van der Waals surface area contributed by atoms with Gasteiger partial charge in [0.15, 0.2) is 0 Å². The van der Waals surface area contributed by atoms with E-state index in [9.17, 15) is 18.0 Å². The number of hydrogen-bond donors (Lipinski definition) is 1. The second-order valence-corrected chi connectivity index (χ2v) is 5.50. The van der Waals surface area contributed by atoms with Gasteiger partial charge in [0.25, 0.3) is 0 Å². The maximum atomic E-state index is 12.5. The maximum Gasteiger partial charge on any atom is 0.471 e. The molecule has 1 aromatic carbocycles. The van der Waals surface area contributed by atoms with Crippen LogP contribution in [0.4, 0.5) is 23.7 Å². The first-order valence-corrected chi connectivity index (χ1v) is 7.67. The van der Waals surface area contributed by atoms with Crippen LogP contribution in [0.1, 0.15) is 17.0 Å². The number of nitrogens with zero attached hydrogens (tertiary/aromatic N) is 3. The molecule has 0 saturated carbocycles. The third-order valence-corrected chi connectivity index (χ3v) is 3.56. The van der Waals surface area contributed by atoms with E-state index in [0.717, 1.165) is 11.1 Å². The van der Waals surface area contributed by atoms with Gasteiger partial charge < -0.3 is 9.26 Å². The van der Waals surface area contributed by atoms with Crippen LogP contribution in [0.25, 0.3) is 11.4 Å². The maximum absolute atomic E-state index is 12.5. The number of aromatic nitrogens is 3. The molecule has 0 bridgehead atoms. The molecule has 0 spiro atoms. The second kappa shape index (κ2) is 7.44. The van der Waals surface area contributed by atoms with Gasteiger partial charge in [0, 0.05) is 29.2 Å². The Bertz CT molecular complexity index is 939. The summed E-state index contributed by atoms with van der Waals surface area (Å²) in [7, 11) is 0. The van der Waals surface area contributed by atoms with Gasteiger partial charge in [-0.3, -0.25) is 10.3 Å². The molecule has 0 fully saturated rings. The molecule has 27 heavy (non-hydrogen) atoms. The summed E-state index contributed by atoms with van der Waals surface area (Å²) >= 11 is 0. The summed E-state index contributed by atoms with van der Waals surface area (Å²) in [5.74, 6) is -1.63. The van der Waals surface area contributed by atoms with Crippen LogP contribution in [-0.4, -0.2) is 21.2 Å². The Morgan fingerprint density at radius 3 is 2.59 bits per heavy atom. The zero-order valence-corrected chi connectivity index (χ0v) is 13.9. The molecule has 1 N–H and O–H groups in total. The van der Waals surface area contributed by atoms with Crippen molar-refractivity contribution in [2.24, 2.45) is 0 Å². The molecule has 0 aliphatic rings. The molecule has 0 aliphatic heterocycles. The van der Waals surface area contributed by atoms with Crippen molar-refractivity contribution in [2.45, 2.75) is 19.7 Å². The minimum atomic E-state index is -4.71. The Morgan fingerprint density at radius 2 is 1.96 bits per heavy atom. The van der Waals surface area contributed by atoms with E-state index in [2.05, 4.69) is 25.0 Å². The fraction of sp³-hybridized carbons (Fsp3) is 0.176. The van der Waals surface area contributed by atoms with Gasteiger partial charge in [-0.15, -0.1) is 0 Å². The van der Waals surface area contributed by atoms with Gasteiger partial charge in [0.2, 0.25) is 5.82 Å². The molecule has 3 aromatic rings. The van der Waals surface area contributed by atoms with E-state index in [-0.39, 0.29) is 12.4 Å². The number of alkyl halides is 3. The number of nitrogens with one attached hydrogen (secondary N) is 1. The van der Waals surface area contributed by atoms with E-state index in [1.54, 1.807) is 18.5 Å². The Hall–Kier alpha value is -3.43. The average Bonchev–Trinajstić information content (AvgIpc) is 3.12.